The molecule has 206 valence electrons. The lowest BCUT2D eigenvalue weighted by atomic mass is 10.0. The van der Waals surface area contributed by atoms with E-state index in [1.54, 1.807) is 29.3 Å². The number of carbonyl (C=O) groups is 2. The molecule has 0 spiro atoms. The molecule has 14 heteroatoms. The maximum atomic E-state index is 13.0. The zero-order valence-electron chi connectivity index (χ0n) is 20.9. The number of morpholine rings is 1. The van der Waals surface area contributed by atoms with Crippen molar-refractivity contribution in [3.05, 3.63) is 58.6 Å². The number of rotatable bonds is 7. The Morgan fingerprint density at radius 2 is 1.97 bits per heavy atom. The van der Waals surface area contributed by atoms with Crippen molar-refractivity contribution in [3.8, 4) is 16.3 Å². The molecule has 2 amide bonds. The zero-order chi connectivity index (χ0) is 27.8. The molecule has 4 heterocycles. The molecule has 0 aliphatic carbocycles. The van der Waals surface area contributed by atoms with Gasteiger partial charge >= 0.3 is 12.3 Å². The summed E-state index contributed by atoms with van der Waals surface area (Å²) in [5.74, 6) is -1.32. The third-order valence-electron chi connectivity index (χ3n) is 6.45. The van der Waals surface area contributed by atoms with E-state index in [-0.39, 0.29) is 24.8 Å². The van der Waals surface area contributed by atoms with E-state index in [4.69, 9.17) is 14.2 Å². The molecule has 2 fully saturated rings. The summed E-state index contributed by atoms with van der Waals surface area (Å²) < 4.78 is 55.1. The molecule has 39 heavy (non-hydrogen) atoms. The Labute approximate surface area is 225 Å². The number of hydrogen-bond acceptors (Lipinski definition) is 9. The number of benzene rings is 1. The van der Waals surface area contributed by atoms with Crippen molar-refractivity contribution < 1.29 is 37.0 Å². The first-order valence-corrected chi connectivity index (χ1v) is 12.7. The Kier molecular flexibility index (Phi) is 7.16. The van der Waals surface area contributed by atoms with E-state index in [1.807, 2.05) is 6.92 Å². The van der Waals surface area contributed by atoms with Crippen molar-refractivity contribution in [3.63, 3.8) is 0 Å². The van der Waals surface area contributed by atoms with Gasteiger partial charge in [0, 0.05) is 53.1 Å². The van der Waals surface area contributed by atoms with Gasteiger partial charge in [0.2, 0.25) is 5.82 Å². The largest absolute Gasteiger partial charge is 0.490 e. The van der Waals surface area contributed by atoms with Crippen molar-refractivity contribution in [1.82, 2.24) is 25.2 Å². The van der Waals surface area contributed by atoms with Gasteiger partial charge in [0.05, 0.1) is 26.3 Å². The van der Waals surface area contributed by atoms with Gasteiger partial charge in [-0.25, -0.2) is 19.7 Å². The second-order valence-electron chi connectivity index (χ2n) is 9.36. The summed E-state index contributed by atoms with van der Waals surface area (Å²) in [7, 11) is 1.33. The summed E-state index contributed by atoms with van der Waals surface area (Å²) in [5.41, 5.74) is 0.563. The van der Waals surface area contributed by atoms with Gasteiger partial charge in [-0.3, -0.25) is 9.69 Å². The van der Waals surface area contributed by atoms with Crippen molar-refractivity contribution in [2.24, 2.45) is 0 Å². The molecule has 1 aromatic carbocycles. The monoisotopic (exact) mass is 563 g/mol. The Morgan fingerprint density at radius 1 is 1.21 bits per heavy atom. The maximum Gasteiger partial charge on any atom is 0.451 e. The van der Waals surface area contributed by atoms with E-state index in [2.05, 4.69) is 20.3 Å². The first-order chi connectivity index (χ1) is 18.5. The standard InChI is InChI=1S/C25H24F3N5O5S/c1-14-7-30-21(39-14)17-3-16(20(34)29-8-15-9-31-22(32-10-15)25(26,27)28)4-19(5-17)37-13-24-6-18(11-38-24)33(12-24)23(35)36-2/h3-5,7,9-10,18H,6,8,11-13H2,1-2H3,(H,29,34). The molecule has 10 nitrogen and oxygen atoms in total. The van der Waals surface area contributed by atoms with Crippen LogP contribution in [0.5, 0.6) is 5.75 Å². The van der Waals surface area contributed by atoms with Crippen LogP contribution in [0.2, 0.25) is 0 Å². The molecule has 0 saturated carbocycles. The summed E-state index contributed by atoms with van der Waals surface area (Å²) in [5, 5.41) is 3.37. The summed E-state index contributed by atoms with van der Waals surface area (Å²) >= 11 is 1.45. The van der Waals surface area contributed by atoms with Crippen molar-refractivity contribution in [2.75, 3.05) is 26.9 Å². The normalized spacial score (nSPS) is 20.2. The fourth-order valence-electron chi connectivity index (χ4n) is 4.56. The minimum Gasteiger partial charge on any atom is -0.490 e. The molecule has 0 radical (unpaired) electrons. The molecular weight excluding hydrogens is 539 g/mol. The minimum atomic E-state index is -4.65. The lowest BCUT2D eigenvalue weighted by molar-refractivity contribution is -0.145. The van der Waals surface area contributed by atoms with Crippen molar-refractivity contribution in [2.45, 2.75) is 37.7 Å². The van der Waals surface area contributed by atoms with E-state index >= 15 is 0 Å². The second-order valence-corrected chi connectivity index (χ2v) is 10.6. The van der Waals surface area contributed by atoms with E-state index < -0.39 is 29.6 Å². The number of carbonyl (C=O) groups excluding carboxylic acids is 2. The molecule has 3 aromatic rings. The summed E-state index contributed by atoms with van der Waals surface area (Å²) in [6, 6.07) is 4.92. The average Bonchev–Trinajstić information content (AvgIpc) is 3.65. The highest BCUT2D eigenvalue weighted by molar-refractivity contribution is 7.14. The molecular formula is C25H24F3N5O5S. The topological polar surface area (TPSA) is 116 Å². The molecule has 1 N–H and O–H groups in total. The van der Waals surface area contributed by atoms with Gasteiger partial charge in [0.15, 0.2) is 0 Å². The van der Waals surface area contributed by atoms with E-state index in [0.29, 0.717) is 41.5 Å². The number of aromatic nitrogens is 3. The number of amides is 2. The van der Waals surface area contributed by atoms with Gasteiger partial charge < -0.3 is 19.5 Å². The minimum absolute atomic E-state index is 0.0740. The van der Waals surface area contributed by atoms with Crippen LogP contribution in [0.15, 0.2) is 36.8 Å². The summed E-state index contributed by atoms with van der Waals surface area (Å²) in [6.07, 6.45) is -0.685. The number of fused-ring (bicyclic) bond motifs is 2. The number of aryl methyl sites for hydroxylation is 1. The van der Waals surface area contributed by atoms with Crippen LogP contribution in [-0.4, -0.2) is 70.4 Å². The lowest BCUT2D eigenvalue weighted by Gasteiger charge is -2.31. The number of halogens is 3. The number of methoxy groups -OCH3 is 1. The molecule has 2 unspecified atom stereocenters. The zero-order valence-corrected chi connectivity index (χ0v) is 21.8. The second kappa shape index (κ2) is 10.4. The number of nitrogens with one attached hydrogen (secondary N) is 1. The molecule has 2 aliphatic rings. The summed E-state index contributed by atoms with van der Waals surface area (Å²) in [4.78, 5) is 38.8. The molecule has 5 rings (SSSR count). The number of ether oxygens (including phenoxy) is 3. The number of alkyl halides is 3. The van der Waals surface area contributed by atoms with Crippen LogP contribution in [0, 0.1) is 6.92 Å². The average molecular weight is 564 g/mol. The van der Waals surface area contributed by atoms with Crippen LogP contribution in [0.1, 0.15) is 33.0 Å². The number of nitrogens with zero attached hydrogens (tertiary/aromatic N) is 4. The maximum absolute atomic E-state index is 13.0. The van der Waals surface area contributed by atoms with E-state index in [9.17, 15) is 22.8 Å². The van der Waals surface area contributed by atoms with Crippen molar-refractivity contribution in [1.29, 1.82) is 0 Å². The summed E-state index contributed by atoms with van der Waals surface area (Å²) in [6.45, 7) is 2.72. The van der Waals surface area contributed by atoms with Crippen LogP contribution < -0.4 is 10.1 Å². The third-order valence-corrected chi connectivity index (χ3v) is 7.41. The van der Waals surface area contributed by atoms with Crippen LogP contribution in [-0.2, 0) is 22.2 Å². The quantitative estimate of drug-likeness (QED) is 0.461. The Bertz CT molecular complexity index is 1380. The van der Waals surface area contributed by atoms with Gasteiger partial charge in [-0.2, -0.15) is 13.2 Å². The fourth-order valence-corrected chi connectivity index (χ4v) is 5.32. The van der Waals surface area contributed by atoms with Crippen LogP contribution >= 0.6 is 11.3 Å². The number of hydrogen-bond donors (Lipinski definition) is 1. The lowest BCUT2D eigenvalue weighted by Crippen LogP contribution is -2.48. The van der Waals surface area contributed by atoms with E-state index in [1.165, 1.54) is 18.4 Å². The SMILES string of the molecule is COC(=O)N1CC2(COc3cc(C(=O)NCc4cnc(C(F)(F)F)nc4)cc(-c4ncc(C)s4)c3)CC1CO2. The van der Waals surface area contributed by atoms with Gasteiger partial charge in [-0.15, -0.1) is 11.3 Å². The Balaban J connectivity index is 1.32. The predicted molar refractivity (Wildman–Crippen MR) is 132 cm³/mol. The van der Waals surface area contributed by atoms with Gasteiger partial charge in [-0.1, -0.05) is 0 Å². The van der Waals surface area contributed by atoms with Gasteiger partial charge in [0.1, 0.15) is 23.0 Å². The molecule has 2 atom stereocenters. The van der Waals surface area contributed by atoms with Gasteiger partial charge in [-0.05, 0) is 25.1 Å². The first-order valence-electron chi connectivity index (χ1n) is 11.9. The van der Waals surface area contributed by atoms with Gasteiger partial charge in [0.25, 0.3) is 5.91 Å². The molecule has 2 bridgehead atoms. The van der Waals surface area contributed by atoms with Crippen LogP contribution in [0.4, 0.5) is 18.0 Å². The fraction of sp³-hybridized carbons (Fsp3) is 0.400. The predicted octanol–water partition coefficient (Wildman–Crippen LogP) is 3.85. The van der Waals surface area contributed by atoms with E-state index in [0.717, 1.165) is 17.3 Å². The first kappa shape index (κ1) is 26.8. The smallest absolute Gasteiger partial charge is 0.451 e. The number of likely N-dealkylation sites (tertiary alicyclic amines) is 1. The van der Waals surface area contributed by atoms with Crippen molar-refractivity contribution >= 4 is 23.3 Å². The number of thiazole rings is 1. The molecule has 2 aromatic heterocycles. The Hall–Kier alpha value is -3.78. The van der Waals surface area contributed by atoms with Crippen LogP contribution in [0.25, 0.3) is 10.6 Å². The highest BCUT2D eigenvalue weighted by atomic mass is 32.1. The molecule has 2 aliphatic heterocycles. The molecule has 2 saturated heterocycles. The van der Waals surface area contributed by atoms with Crippen LogP contribution in [0.3, 0.4) is 0 Å². The highest BCUT2D eigenvalue weighted by Crippen LogP contribution is 2.39. The Morgan fingerprint density at radius 3 is 2.64 bits per heavy atom. The third kappa shape index (κ3) is 5.81. The highest BCUT2D eigenvalue weighted by Gasteiger charge is 2.53.